The Hall–Kier alpha value is -1.40. The normalized spacial score (nSPS) is 11.2. The van der Waals surface area contributed by atoms with E-state index in [1.54, 1.807) is 0 Å². The highest BCUT2D eigenvalue weighted by Crippen LogP contribution is 2.25. The first-order valence-electron chi connectivity index (χ1n) is 6.34. The first-order chi connectivity index (χ1) is 9.15. The fraction of sp³-hybridized carbons (Fsp3) is 0.462. The molecule has 0 bridgehead atoms. The first-order valence-corrected chi connectivity index (χ1v) is 7.16. The Balaban J connectivity index is 1.97. The predicted octanol–water partition coefficient (Wildman–Crippen LogP) is 2.40. The molecular formula is C13H19N5S. The van der Waals surface area contributed by atoms with Gasteiger partial charge in [-0.15, -0.1) is 0 Å². The maximum absolute atomic E-state index is 4.49. The van der Waals surface area contributed by atoms with Crippen LogP contribution in [-0.4, -0.2) is 26.7 Å². The number of H-pyrrole nitrogens is 1. The Labute approximate surface area is 117 Å². The van der Waals surface area contributed by atoms with Gasteiger partial charge in [-0.3, -0.25) is 5.10 Å². The average molecular weight is 277 g/mol. The summed E-state index contributed by atoms with van der Waals surface area (Å²) >= 11 is 1.50. The quantitative estimate of drug-likeness (QED) is 0.848. The molecule has 2 heterocycles. The van der Waals surface area contributed by atoms with Crippen LogP contribution >= 0.6 is 11.8 Å². The van der Waals surface area contributed by atoms with Gasteiger partial charge in [-0.2, -0.15) is 5.10 Å². The third-order valence-electron chi connectivity index (χ3n) is 2.55. The molecular weight excluding hydrogens is 258 g/mol. The number of nitrogens with one attached hydrogen (secondary N) is 2. The minimum atomic E-state index is 0.662. The lowest BCUT2D eigenvalue weighted by Gasteiger charge is -2.09. The van der Waals surface area contributed by atoms with Crippen LogP contribution in [0.5, 0.6) is 0 Å². The summed E-state index contributed by atoms with van der Waals surface area (Å²) in [7, 11) is 0. The van der Waals surface area contributed by atoms with Crippen molar-refractivity contribution in [2.45, 2.75) is 37.5 Å². The highest BCUT2D eigenvalue weighted by molar-refractivity contribution is 7.99. The van der Waals surface area contributed by atoms with Gasteiger partial charge < -0.3 is 5.32 Å². The number of hydrogen-bond donors (Lipinski definition) is 2. The second kappa shape index (κ2) is 6.68. The zero-order chi connectivity index (χ0) is 13.7. The summed E-state index contributed by atoms with van der Waals surface area (Å²) < 4.78 is 0. The molecule has 0 amide bonds. The van der Waals surface area contributed by atoms with E-state index in [1.807, 2.05) is 6.20 Å². The van der Waals surface area contributed by atoms with Gasteiger partial charge in [0.1, 0.15) is 11.4 Å². The molecule has 2 N–H and O–H groups in total. The minimum Gasteiger partial charge on any atom is -0.312 e. The van der Waals surface area contributed by atoms with E-state index in [0.717, 1.165) is 28.8 Å². The zero-order valence-electron chi connectivity index (χ0n) is 11.5. The number of hydrogen-bond acceptors (Lipinski definition) is 5. The standard InChI is InChI=1S/C13H19N5S/c1-9(2)5-14-6-11-4-10(3)12(15-7-11)19-13-16-8-17-18-13/h4,7-9,14H,5-6H2,1-3H3,(H,16,17,18). The lowest BCUT2D eigenvalue weighted by molar-refractivity contribution is 0.551. The van der Waals surface area contributed by atoms with Crippen molar-refractivity contribution >= 4 is 11.8 Å². The van der Waals surface area contributed by atoms with Crippen LogP contribution in [0.25, 0.3) is 0 Å². The molecule has 0 aliphatic carbocycles. The molecule has 5 nitrogen and oxygen atoms in total. The molecule has 0 radical (unpaired) electrons. The van der Waals surface area contributed by atoms with Crippen LogP contribution in [0.2, 0.25) is 0 Å². The lowest BCUT2D eigenvalue weighted by atomic mass is 10.2. The molecule has 6 heteroatoms. The summed E-state index contributed by atoms with van der Waals surface area (Å²) in [6, 6.07) is 2.17. The molecule has 0 unspecified atom stereocenters. The molecule has 0 aliphatic heterocycles. The van der Waals surface area contributed by atoms with Crippen LogP contribution < -0.4 is 5.32 Å². The van der Waals surface area contributed by atoms with Gasteiger partial charge in [-0.25, -0.2) is 9.97 Å². The molecule has 102 valence electrons. The number of nitrogens with zero attached hydrogens (tertiary/aromatic N) is 3. The Morgan fingerprint density at radius 2 is 2.21 bits per heavy atom. The molecule has 0 atom stereocenters. The topological polar surface area (TPSA) is 66.5 Å². The van der Waals surface area contributed by atoms with Crippen molar-refractivity contribution in [3.8, 4) is 0 Å². The zero-order valence-corrected chi connectivity index (χ0v) is 12.3. The number of rotatable bonds is 6. The van der Waals surface area contributed by atoms with Crippen LogP contribution in [0.15, 0.2) is 28.8 Å². The Kier molecular flexibility index (Phi) is 4.93. The van der Waals surface area contributed by atoms with Crippen LogP contribution in [-0.2, 0) is 6.54 Å². The summed E-state index contributed by atoms with van der Waals surface area (Å²) in [4.78, 5) is 8.57. The molecule has 19 heavy (non-hydrogen) atoms. The van der Waals surface area contributed by atoms with Gasteiger partial charge in [-0.1, -0.05) is 19.9 Å². The molecule has 0 fully saturated rings. The van der Waals surface area contributed by atoms with E-state index in [1.165, 1.54) is 23.7 Å². The fourth-order valence-electron chi connectivity index (χ4n) is 1.66. The van der Waals surface area contributed by atoms with E-state index in [0.29, 0.717) is 5.92 Å². The molecule has 0 saturated heterocycles. The van der Waals surface area contributed by atoms with Gasteiger partial charge in [0.05, 0.1) is 0 Å². The summed E-state index contributed by atoms with van der Waals surface area (Å²) in [5, 5.41) is 11.8. The predicted molar refractivity (Wildman–Crippen MR) is 76.0 cm³/mol. The second-order valence-electron chi connectivity index (χ2n) is 4.88. The third kappa shape index (κ3) is 4.33. The van der Waals surface area contributed by atoms with Crippen LogP contribution in [0.1, 0.15) is 25.0 Å². The van der Waals surface area contributed by atoms with Gasteiger partial charge >= 0.3 is 0 Å². The summed E-state index contributed by atoms with van der Waals surface area (Å²) in [5.74, 6) is 0.662. The van der Waals surface area contributed by atoms with Crippen molar-refractivity contribution in [2.75, 3.05) is 6.54 Å². The van der Waals surface area contributed by atoms with E-state index in [-0.39, 0.29) is 0 Å². The molecule has 2 aromatic rings. The van der Waals surface area contributed by atoms with Crippen molar-refractivity contribution in [2.24, 2.45) is 5.92 Å². The number of aromatic nitrogens is 4. The molecule has 2 aromatic heterocycles. The number of aromatic amines is 1. The van der Waals surface area contributed by atoms with E-state index in [4.69, 9.17) is 0 Å². The van der Waals surface area contributed by atoms with E-state index >= 15 is 0 Å². The largest absolute Gasteiger partial charge is 0.312 e. The van der Waals surface area contributed by atoms with Gasteiger partial charge in [0, 0.05) is 12.7 Å². The van der Waals surface area contributed by atoms with Crippen molar-refractivity contribution in [3.05, 3.63) is 29.7 Å². The van der Waals surface area contributed by atoms with Gasteiger partial charge in [-0.05, 0) is 42.3 Å². The molecule has 0 aromatic carbocycles. The van der Waals surface area contributed by atoms with Gasteiger partial charge in [0.25, 0.3) is 0 Å². The highest BCUT2D eigenvalue weighted by Gasteiger charge is 2.06. The van der Waals surface area contributed by atoms with Crippen LogP contribution in [0.3, 0.4) is 0 Å². The molecule has 0 spiro atoms. The Morgan fingerprint density at radius 1 is 1.37 bits per heavy atom. The fourth-order valence-corrected chi connectivity index (χ4v) is 2.37. The third-order valence-corrected chi connectivity index (χ3v) is 3.57. The van der Waals surface area contributed by atoms with Crippen molar-refractivity contribution in [1.29, 1.82) is 0 Å². The van der Waals surface area contributed by atoms with E-state index in [9.17, 15) is 0 Å². The molecule has 0 aliphatic rings. The highest BCUT2D eigenvalue weighted by atomic mass is 32.2. The molecule has 2 rings (SSSR count). The number of pyridine rings is 1. The van der Waals surface area contributed by atoms with Crippen molar-refractivity contribution in [3.63, 3.8) is 0 Å². The maximum Gasteiger partial charge on any atom is 0.189 e. The Bertz CT molecular complexity index is 510. The Morgan fingerprint density at radius 3 is 2.84 bits per heavy atom. The second-order valence-corrected chi connectivity index (χ2v) is 5.86. The first kappa shape index (κ1) is 14.0. The van der Waals surface area contributed by atoms with Crippen LogP contribution in [0.4, 0.5) is 0 Å². The van der Waals surface area contributed by atoms with Crippen molar-refractivity contribution in [1.82, 2.24) is 25.5 Å². The van der Waals surface area contributed by atoms with Crippen LogP contribution in [0, 0.1) is 12.8 Å². The maximum atomic E-state index is 4.49. The van der Waals surface area contributed by atoms with Gasteiger partial charge in [0.2, 0.25) is 0 Å². The van der Waals surface area contributed by atoms with Crippen molar-refractivity contribution < 1.29 is 0 Å². The minimum absolute atomic E-state index is 0.662. The number of aryl methyl sites for hydroxylation is 1. The summed E-state index contributed by atoms with van der Waals surface area (Å²) in [6.07, 6.45) is 3.42. The summed E-state index contributed by atoms with van der Waals surface area (Å²) in [5.41, 5.74) is 2.37. The van der Waals surface area contributed by atoms with Gasteiger partial charge in [0.15, 0.2) is 5.16 Å². The SMILES string of the molecule is Cc1cc(CNCC(C)C)cnc1Sc1ncn[nH]1. The smallest absolute Gasteiger partial charge is 0.189 e. The molecule has 0 saturated carbocycles. The average Bonchev–Trinajstić information content (AvgIpc) is 2.85. The van der Waals surface area contributed by atoms with E-state index in [2.05, 4.69) is 52.3 Å². The summed E-state index contributed by atoms with van der Waals surface area (Å²) in [6.45, 7) is 8.35. The van der Waals surface area contributed by atoms with E-state index < -0.39 is 0 Å². The monoisotopic (exact) mass is 277 g/mol. The lowest BCUT2D eigenvalue weighted by Crippen LogP contribution is -2.19.